The number of anilines is 1. The molecule has 0 aliphatic carbocycles. The number of ether oxygens (including phenoxy) is 1. The molecule has 0 amide bonds. The number of hydrogen-bond acceptors (Lipinski definition) is 3. The Morgan fingerprint density at radius 1 is 1.26 bits per heavy atom. The normalized spacial score (nSPS) is 10.5. The Balaban J connectivity index is 2.44. The van der Waals surface area contributed by atoms with Gasteiger partial charge in [0.05, 0.1) is 18.1 Å². The summed E-state index contributed by atoms with van der Waals surface area (Å²) in [5.41, 5.74) is 7.10. The van der Waals surface area contributed by atoms with Crippen molar-refractivity contribution in [2.45, 2.75) is 6.54 Å². The van der Waals surface area contributed by atoms with Crippen LogP contribution in [0.5, 0.6) is 5.75 Å². The third-order valence-corrected chi connectivity index (χ3v) is 4.00. The van der Waals surface area contributed by atoms with E-state index < -0.39 is 0 Å². The summed E-state index contributed by atoms with van der Waals surface area (Å²) in [5.74, 6) is 0.745. The third-order valence-electron chi connectivity index (χ3n) is 2.66. The van der Waals surface area contributed by atoms with Gasteiger partial charge in [-0.1, -0.05) is 15.9 Å². The SMILES string of the molecule is COc1ccc(Br)c(Cn2cc(N)cc(Br)c2=O)c1. The highest BCUT2D eigenvalue weighted by Gasteiger charge is 2.07. The van der Waals surface area contributed by atoms with E-state index in [2.05, 4.69) is 31.9 Å². The molecule has 19 heavy (non-hydrogen) atoms. The molecule has 0 radical (unpaired) electrons. The van der Waals surface area contributed by atoms with Gasteiger partial charge in [0.1, 0.15) is 5.75 Å². The molecule has 1 aromatic carbocycles. The van der Waals surface area contributed by atoms with E-state index >= 15 is 0 Å². The highest BCUT2D eigenvalue weighted by molar-refractivity contribution is 9.10. The summed E-state index contributed by atoms with van der Waals surface area (Å²) < 4.78 is 8.10. The highest BCUT2D eigenvalue weighted by atomic mass is 79.9. The second-order valence-corrected chi connectivity index (χ2v) is 5.72. The number of benzene rings is 1. The van der Waals surface area contributed by atoms with Gasteiger partial charge in [-0.2, -0.15) is 0 Å². The van der Waals surface area contributed by atoms with Gasteiger partial charge in [0.15, 0.2) is 0 Å². The molecule has 0 saturated heterocycles. The van der Waals surface area contributed by atoms with E-state index in [9.17, 15) is 4.79 Å². The molecule has 0 bridgehead atoms. The fourth-order valence-corrected chi connectivity index (χ4v) is 2.59. The molecule has 0 fully saturated rings. The molecule has 0 unspecified atom stereocenters. The van der Waals surface area contributed by atoms with E-state index in [1.165, 1.54) is 0 Å². The van der Waals surface area contributed by atoms with Gasteiger partial charge in [0.25, 0.3) is 5.56 Å². The summed E-state index contributed by atoms with van der Waals surface area (Å²) in [5, 5.41) is 0. The van der Waals surface area contributed by atoms with Crippen molar-refractivity contribution >= 4 is 37.5 Å². The Morgan fingerprint density at radius 3 is 2.68 bits per heavy atom. The van der Waals surface area contributed by atoms with Crippen molar-refractivity contribution in [2.75, 3.05) is 12.8 Å². The Hall–Kier alpha value is -1.27. The Morgan fingerprint density at radius 2 is 2.00 bits per heavy atom. The van der Waals surface area contributed by atoms with E-state index in [1.54, 1.807) is 23.9 Å². The van der Waals surface area contributed by atoms with Crippen LogP contribution in [0.15, 0.2) is 44.2 Å². The smallest absolute Gasteiger partial charge is 0.265 e. The molecule has 1 heterocycles. The van der Waals surface area contributed by atoms with Crippen molar-refractivity contribution in [1.29, 1.82) is 0 Å². The van der Waals surface area contributed by atoms with Gasteiger partial charge in [-0.3, -0.25) is 4.79 Å². The molecule has 2 rings (SSSR count). The molecular weight excluding hydrogens is 376 g/mol. The first-order valence-corrected chi connectivity index (χ1v) is 7.07. The fourth-order valence-electron chi connectivity index (χ4n) is 1.72. The van der Waals surface area contributed by atoms with Crippen LogP contribution in [-0.2, 0) is 6.54 Å². The van der Waals surface area contributed by atoms with Crippen molar-refractivity contribution in [1.82, 2.24) is 4.57 Å². The van der Waals surface area contributed by atoms with E-state index in [0.29, 0.717) is 16.7 Å². The van der Waals surface area contributed by atoms with E-state index in [0.717, 1.165) is 15.8 Å². The summed E-state index contributed by atoms with van der Waals surface area (Å²) in [6.45, 7) is 0.417. The zero-order valence-electron chi connectivity index (χ0n) is 10.2. The lowest BCUT2D eigenvalue weighted by Crippen LogP contribution is -2.21. The lowest BCUT2D eigenvalue weighted by atomic mass is 10.2. The zero-order chi connectivity index (χ0) is 14.0. The molecule has 0 aliphatic heterocycles. The maximum Gasteiger partial charge on any atom is 0.265 e. The minimum atomic E-state index is -0.121. The molecule has 0 aliphatic rings. The predicted molar refractivity (Wildman–Crippen MR) is 82.6 cm³/mol. The average molecular weight is 388 g/mol. The summed E-state index contributed by atoms with van der Waals surface area (Å²) in [7, 11) is 1.61. The molecule has 6 heteroatoms. The minimum absolute atomic E-state index is 0.121. The number of aromatic nitrogens is 1. The van der Waals surface area contributed by atoms with Crippen LogP contribution in [-0.4, -0.2) is 11.7 Å². The van der Waals surface area contributed by atoms with Gasteiger partial charge in [-0.15, -0.1) is 0 Å². The summed E-state index contributed by atoms with van der Waals surface area (Å²) in [6.07, 6.45) is 1.62. The first-order valence-electron chi connectivity index (χ1n) is 5.49. The molecular formula is C13H12Br2N2O2. The topological polar surface area (TPSA) is 57.2 Å². The number of nitrogen functional groups attached to an aromatic ring is 1. The Kier molecular flexibility index (Phi) is 4.31. The highest BCUT2D eigenvalue weighted by Crippen LogP contribution is 2.23. The Labute approximate surface area is 127 Å². The molecule has 0 atom stereocenters. The van der Waals surface area contributed by atoms with Gasteiger partial charge < -0.3 is 15.0 Å². The maximum atomic E-state index is 12.0. The lowest BCUT2D eigenvalue weighted by molar-refractivity contribution is 0.414. The summed E-state index contributed by atoms with van der Waals surface area (Å²) >= 11 is 6.67. The third kappa shape index (κ3) is 3.19. The standard InChI is InChI=1S/C13H12Br2N2O2/c1-19-10-2-3-11(14)8(4-10)6-17-7-9(16)5-12(15)13(17)18/h2-5,7H,6,16H2,1H3. The number of nitrogens with two attached hydrogens (primary N) is 1. The van der Waals surface area contributed by atoms with Crippen molar-refractivity contribution in [3.63, 3.8) is 0 Å². The number of methoxy groups -OCH3 is 1. The largest absolute Gasteiger partial charge is 0.497 e. The monoisotopic (exact) mass is 386 g/mol. The molecule has 100 valence electrons. The minimum Gasteiger partial charge on any atom is -0.497 e. The van der Waals surface area contributed by atoms with Gasteiger partial charge in [-0.25, -0.2) is 0 Å². The van der Waals surface area contributed by atoms with Crippen LogP contribution in [0.1, 0.15) is 5.56 Å². The van der Waals surface area contributed by atoms with Crippen LogP contribution in [0.3, 0.4) is 0 Å². The zero-order valence-corrected chi connectivity index (χ0v) is 13.4. The maximum absolute atomic E-state index is 12.0. The van der Waals surface area contributed by atoms with Gasteiger partial charge in [0.2, 0.25) is 0 Å². The van der Waals surface area contributed by atoms with Crippen LogP contribution in [0.4, 0.5) is 5.69 Å². The van der Waals surface area contributed by atoms with Crippen molar-refractivity contribution in [3.8, 4) is 5.75 Å². The van der Waals surface area contributed by atoms with Crippen molar-refractivity contribution in [3.05, 3.63) is 55.3 Å². The second kappa shape index (κ2) is 5.79. The van der Waals surface area contributed by atoms with Gasteiger partial charge in [0, 0.05) is 16.4 Å². The second-order valence-electron chi connectivity index (χ2n) is 4.01. The number of rotatable bonds is 3. The van der Waals surface area contributed by atoms with Crippen LogP contribution in [0, 0.1) is 0 Å². The first kappa shape index (κ1) is 14.1. The molecule has 1 aromatic heterocycles. The number of pyridine rings is 1. The van der Waals surface area contributed by atoms with Crippen LogP contribution >= 0.6 is 31.9 Å². The van der Waals surface area contributed by atoms with E-state index in [-0.39, 0.29) is 5.56 Å². The van der Waals surface area contributed by atoms with Gasteiger partial charge in [-0.05, 0) is 45.8 Å². The first-order chi connectivity index (χ1) is 9.01. The van der Waals surface area contributed by atoms with Crippen LogP contribution < -0.4 is 16.0 Å². The average Bonchev–Trinajstić information content (AvgIpc) is 2.38. The molecule has 2 N–H and O–H groups in total. The molecule has 0 spiro atoms. The van der Waals surface area contributed by atoms with Crippen molar-refractivity contribution in [2.24, 2.45) is 0 Å². The lowest BCUT2D eigenvalue weighted by Gasteiger charge is -2.11. The summed E-state index contributed by atoms with van der Waals surface area (Å²) in [4.78, 5) is 12.0. The number of halogens is 2. The van der Waals surface area contributed by atoms with Gasteiger partial charge >= 0.3 is 0 Å². The quantitative estimate of drug-likeness (QED) is 0.880. The molecule has 0 saturated carbocycles. The predicted octanol–water partition coefficient (Wildman–Crippen LogP) is 3.01. The fraction of sp³-hybridized carbons (Fsp3) is 0.154. The van der Waals surface area contributed by atoms with Crippen LogP contribution in [0.2, 0.25) is 0 Å². The number of nitrogens with zero attached hydrogens (tertiary/aromatic N) is 1. The van der Waals surface area contributed by atoms with E-state index in [1.807, 2.05) is 18.2 Å². The van der Waals surface area contributed by atoms with Crippen LogP contribution in [0.25, 0.3) is 0 Å². The van der Waals surface area contributed by atoms with E-state index in [4.69, 9.17) is 10.5 Å². The number of hydrogen-bond donors (Lipinski definition) is 1. The summed E-state index contributed by atoms with van der Waals surface area (Å²) in [6, 6.07) is 7.22. The molecule has 2 aromatic rings. The van der Waals surface area contributed by atoms with Crippen molar-refractivity contribution < 1.29 is 4.74 Å². The molecule has 4 nitrogen and oxygen atoms in total. The Bertz CT molecular complexity index is 668.